The fraction of sp³-hybridized carbons (Fsp3) is 0.375. The van der Waals surface area contributed by atoms with E-state index in [1.807, 2.05) is 6.20 Å². The number of carbonyl (C=O) groups is 1. The van der Waals surface area contributed by atoms with Gasteiger partial charge >= 0.3 is 0 Å². The van der Waals surface area contributed by atoms with E-state index in [0.717, 1.165) is 25.9 Å². The van der Waals surface area contributed by atoms with Crippen LogP contribution in [0.4, 0.5) is 5.13 Å². The molecule has 1 amide bonds. The Kier molecular flexibility index (Phi) is 5.48. The molecule has 1 aliphatic heterocycles. The molecule has 1 aromatic heterocycles. The maximum absolute atomic E-state index is 12.4. The van der Waals surface area contributed by atoms with Gasteiger partial charge in [0.05, 0.1) is 4.90 Å². The van der Waals surface area contributed by atoms with Crippen LogP contribution in [-0.4, -0.2) is 39.4 Å². The van der Waals surface area contributed by atoms with Crippen LogP contribution in [0.25, 0.3) is 0 Å². The fourth-order valence-electron chi connectivity index (χ4n) is 2.73. The Morgan fingerprint density at radius 3 is 2.80 bits per heavy atom. The number of rotatable bonds is 5. The quantitative estimate of drug-likeness (QED) is 0.734. The van der Waals surface area contributed by atoms with E-state index in [4.69, 9.17) is 0 Å². The summed E-state index contributed by atoms with van der Waals surface area (Å²) in [4.78, 5) is 17.9. The van der Waals surface area contributed by atoms with Gasteiger partial charge < -0.3 is 5.32 Å². The first-order chi connectivity index (χ1) is 12.0. The van der Waals surface area contributed by atoms with Crippen molar-refractivity contribution in [1.29, 1.82) is 0 Å². The van der Waals surface area contributed by atoms with Crippen LogP contribution in [0.1, 0.15) is 34.0 Å². The number of nitrogens with one attached hydrogen (secondary N) is 3. The molecule has 1 aromatic carbocycles. The zero-order chi connectivity index (χ0) is 17.9. The lowest BCUT2D eigenvalue weighted by Gasteiger charge is -2.20. The molecule has 134 valence electrons. The summed E-state index contributed by atoms with van der Waals surface area (Å²) in [5, 5.41) is 6.61. The molecule has 0 unspecified atom stereocenters. The lowest BCUT2D eigenvalue weighted by atomic mass is 9.97. The molecule has 7 nitrogen and oxygen atoms in total. The normalized spacial score (nSPS) is 15.9. The maximum atomic E-state index is 12.4. The first-order valence-electron chi connectivity index (χ1n) is 8.01. The standard InChI is InChI=1S/C16H20N4O3S2/c1-17-25(22,23)13-4-2-3-12(9-13)15(21)20-16-19-10-14(24-16)11-5-7-18-8-6-11/h2-4,9-11,17-18H,5-8H2,1H3,(H,19,20,21). The molecule has 0 bridgehead atoms. The number of thiazole rings is 1. The third-order valence-electron chi connectivity index (χ3n) is 4.16. The topological polar surface area (TPSA) is 100 Å². The second-order valence-electron chi connectivity index (χ2n) is 5.78. The van der Waals surface area contributed by atoms with Crippen LogP contribution >= 0.6 is 11.3 Å². The minimum absolute atomic E-state index is 0.0529. The molecule has 9 heteroatoms. The zero-order valence-electron chi connectivity index (χ0n) is 13.8. The molecular formula is C16H20N4O3S2. The largest absolute Gasteiger partial charge is 0.317 e. The predicted octanol–water partition coefficient (Wildman–Crippen LogP) is 1.77. The zero-order valence-corrected chi connectivity index (χ0v) is 15.4. The number of hydrogen-bond donors (Lipinski definition) is 3. The molecular weight excluding hydrogens is 360 g/mol. The average molecular weight is 380 g/mol. The number of hydrogen-bond acceptors (Lipinski definition) is 6. The molecule has 0 aliphatic carbocycles. The summed E-state index contributed by atoms with van der Waals surface area (Å²) >= 11 is 1.48. The van der Waals surface area contributed by atoms with E-state index in [9.17, 15) is 13.2 Å². The number of anilines is 1. The van der Waals surface area contributed by atoms with Crippen LogP contribution in [0.15, 0.2) is 35.4 Å². The molecule has 2 aromatic rings. The molecule has 3 rings (SSSR count). The van der Waals surface area contributed by atoms with Gasteiger partial charge in [0.1, 0.15) is 0 Å². The first-order valence-corrected chi connectivity index (χ1v) is 10.3. The highest BCUT2D eigenvalue weighted by atomic mass is 32.2. The van der Waals surface area contributed by atoms with Crippen molar-refractivity contribution in [2.75, 3.05) is 25.5 Å². The SMILES string of the molecule is CNS(=O)(=O)c1cccc(C(=O)Nc2ncc(C3CCNCC3)s2)c1. The maximum Gasteiger partial charge on any atom is 0.257 e. The number of amides is 1. The summed E-state index contributed by atoms with van der Waals surface area (Å²) in [6.07, 6.45) is 3.96. The molecule has 0 atom stereocenters. The van der Waals surface area contributed by atoms with E-state index in [1.54, 1.807) is 12.1 Å². The number of sulfonamides is 1. The minimum atomic E-state index is -3.59. The second-order valence-corrected chi connectivity index (χ2v) is 8.73. The molecule has 25 heavy (non-hydrogen) atoms. The molecule has 1 saturated heterocycles. The molecule has 3 N–H and O–H groups in total. The second kappa shape index (κ2) is 7.61. The van der Waals surface area contributed by atoms with Crippen molar-refractivity contribution in [2.24, 2.45) is 0 Å². The predicted molar refractivity (Wildman–Crippen MR) is 97.6 cm³/mol. The Labute approximate surface area is 150 Å². The summed E-state index contributed by atoms with van der Waals surface area (Å²) in [7, 11) is -2.25. The highest BCUT2D eigenvalue weighted by Crippen LogP contribution is 2.31. The third kappa shape index (κ3) is 4.24. The highest BCUT2D eigenvalue weighted by molar-refractivity contribution is 7.89. The highest BCUT2D eigenvalue weighted by Gasteiger charge is 2.19. The van der Waals surface area contributed by atoms with Crippen LogP contribution < -0.4 is 15.4 Å². The Balaban J connectivity index is 1.72. The van der Waals surface area contributed by atoms with Crippen LogP contribution in [0.3, 0.4) is 0 Å². The van der Waals surface area contributed by atoms with Crippen molar-refractivity contribution in [3.63, 3.8) is 0 Å². The van der Waals surface area contributed by atoms with E-state index in [2.05, 4.69) is 20.3 Å². The summed E-state index contributed by atoms with van der Waals surface area (Å²) in [6, 6.07) is 5.91. The summed E-state index contributed by atoms with van der Waals surface area (Å²) in [5.41, 5.74) is 0.273. The minimum Gasteiger partial charge on any atom is -0.317 e. The van der Waals surface area contributed by atoms with Crippen LogP contribution in [0.2, 0.25) is 0 Å². The van der Waals surface area contributed by atoms with E-state index in [1.165, 1.54) is 35.4 Å². The molecule has 0 spiro atoms. The van der Waals surface area contributed by atoms with Gasteiger partial charge in [0.15, 0.2) is 5.13 Å². The van der Waals surface area contributed by atoms with Gasteiger partial charge in [0, 0.05) is 16.6 Å². The van der Waals surface area contributed by atoms with Gasteiger partial charge in [-0.1, -0.05) is 6.07 Å². The average Bonchev–Trinajstić information content (AvgIpc) is 3.11. The number of piperidine rings is 1. The molecule has 0 saturated carbocycles. The van der Waals surface area contributed by atoms with Crippen molar-refractivity contribution in [1.82, 2.24) is 15.0 Å². The Morgan fingerprint density at radius 1 is 1.32 bits per heavy atom. The number of carbonyl (C=O) groups excluding carboxylic acids is 1. The first kappa shape index (κ1) is 18.0. The molecule has 1 fully saturated rings. The van der Waals surface area contributed by atoms with Gasteiger partial charge in [-0.2, -0.15) is 0 Å². The van der Waals surface area contributed by atoms with Crippen LogP contribution in [0, 0.1) is 0 Å². The van der Waals surface area contributed by atoms with Crippen molar-refractivity contribution in [3.05, 3.63) is 40.9 Å². The summed E-state index contributed by atoms with van der Waals surface area (Å²) in [6.45, 7) is 1.99. The monoisotopic (exact) mass is 380 g/mol. The van der Waals surface area contributed by atoms with E-state index >= 15 is 0 Å². The lowest BCUT2D eigenvalue weighted by molar-refractivity contribution is 0.102. The van der Waals surface area contributed by atoms with Crippen molar-refractivity contribution >= 4 is 32.4 Å². The van der Waals surface area contributed by atoms with E-state index < -0.39 is 10.0 Å². The third-order valence-corrected chi connectivity index (χ3v) is 6.65. The molecule has 0 radical (unpaired) electrons. The number of aromatic nitrogens is 1. The van der Waals surface area contributed by atoms with Crippen LogP contribution in [0.5, 0.6) is 0 Å². The Morgan fingerprint density at radius 2 is 2.08 bits per heavy atom. The molecule has 2 heterocycles. The fourth-order valence-corrected chi connectivity index (χ4v) is 4.49. The lowest BCUT2D eigenvalue weighted by Crippen LogP contribution is -2.26. The molecule has 1 aliphatic rings. The van der Waals surface area contributed by atoms with Gasteiger partial charge in [-0.3, -0.25) is 10.1 Å². The Bertz CT molecular complexity index is 858. The number of benzene rings is 1. The van der Waals surface area contributed by atoms with Crippen molar-refractivity contribution in [2.45, 2.75) is 23.7 Å². The van der Waals surface area contributed by atoms with Gasteiger partial charge in [-0.15, -0.1) is 11.3 Å². The smallest absolute Gasteiger partial charge is 0.257 e. The van der Waals surface area contributed by atoms with Crippen LogP contribution in [-0.2, 0) is 10.0 Å². The van der Waals surface area contributed by atoms with Gasteiger partial charge in [-0.25, -0.2) is 18.1 Å². The van der Waals surface area contributed by atoms with Crippen molar-refractivity contribution < 1.29 is 13.2 Å². The van der Waals surface area contributed by atoms with Gasteiger partial charge in [0.2, 0.25) is 10.0 Å². The van der Waals surface area contributed by atoms with Crippen molar-refractivity contribution in [3.8, 4) is 0 Å². The number of nitrogens with zero attached hydrogens (tertiary/aromatic N) is 1. The van der Waals surface area contributed by atoms with E-state index in [0.29, 0.717) is 11.0 Å². The van der Waals surface area contributed by atoms with Gasteiger partial charge in [-0.05, 0) is 57.1 Å². The summed E-state index contributed by atoms with van der Waals surface area (Å²) in [5.74, 6) is 0.105. The van der Waals surface area contributed by atoms with E-state index in [-0.39, 0.29) is 16.4 Å². The summed E-state index contributed by atoms with van der Waals surface area (Å²) < 4.78 is 25.9. The van der Waals surface area contributed by atoms with Gasteiger partial charge in [0.25, 0.3) is 5.91 Å². The Hall–Kier alpha value is -1.81.